The maximum atomic E-state index is 10.7. The second-order valence-corrected chi connectivity index (χ2v) is 3.49. The first kappa shape index (κ1) is 12.4. The molecule has 0 aliphatic heterocycles. The van der Waals surface area contributed by atoms with Gasteiger partial charge in [0.15, 0.2) is 0 Å². The van der Waals surface area contributed by atoms with Gasteiger partial charge in [0.1, 0.15) is 0 Å². The molecular weight excluding hydrogens is 206 g/mol. The van der Waals surface area contributed by atoms with Crippen LogP contribution in [0.4, 0.5) is 5.95 Å². The van der Waals surface area contributed by atoms with E-state index in [1.54, 1.807) is 24.3 Å². The van der Waals surface area contributed by atoms with E-state index in [2.05, 4.69) is 15.3 Å². The Balaban J connectivity index is 2.59. The van der Waals surface area contributed by atoms with Crippen LogP contribution in [0.15, 0.2) is 12.4 Å². The maximum absolute atomic E-state index is 10.7. The van der Waals surface area contributed by atoms with E-state index in [1.165, 1.54) is 0 Å². The molecule has 1 aromatic heterocycles. The Kier molecular flexibility index (Phi) is 4.65. The Morgan fingerprint density at radius 3 is 2.62 bits per heavy atom. The number of nitrogens with two attached hydrogens (primary N) is 1. The molecule has 0 radical (unpaired) electrons. The second kappa shape index (κ2) is 6.02. The number of hydrogen-bond donors (Lipinski definition) is 2. The summed E-state index contributed by atoms with van der Waals surface area (Å²) in [5, 5.41) is 3.18. The quantitative estimate of drug-likeness (QED) is 0.679. The fourth-order valence-corrected chi connectivity index (χ4v) is 1.21. The molecule has 0 fully saturated rings. The number of anilines is 1. The normalized spacial score (nSPS) is 10.1. The van der Waals surface area contributed by atoms with Crippen LogP contribution in [0.3, 0.4) is 0 Å². The van der Waals surface area contributed by atoms with Gasteiger partial charge in [-0.1, -0.05) is 6.92 Å². The molecule has 3 N–H and O–H groups in total. The molecule has 0 aliphatic carbocycles. The number of hydrogen-bond acceptors (Lipinski definition) is 5. The zero-order valence-corrected chi connectivity index (χ0v) is 9.60. The van der Waals surface area contributed by atoms with Gasteiger partial charge < -0.3 is 16.0 Å². The first-order valence-corrected chi connectivity index (χ1v) is 5.14. The van der Waals surface area contributed by atoms with Crippen LogP contribution in [0.1, 0.15) is 12.5 Å². The number of nitrogens with one attached hydrogen (secondary N) is 1. The summed E-state index contributed by atoms with van der Waals surface area (Å²) in [7, 11) is 1.73. The summed E-state index contributed by atoms with van der Waals surface area (Å²) >= 11 is 0. The number of rotatable bonds is 6. The Labute approximate surface area is 94.9 Å². The van der Waals surface area contributed by atoms with Gasteiger partial charge in [0, 0.05) is 31.5 Å². The molecule has 0 spiro atoms. The molecule has 16 heavy (non-hydrogen) atoms. The van der Waals surface area contributed by atoms with Crippen LogP contribution in [0, 0.1) is 0 Å². The lowest BCUT2D eigenvalue weighted by atomic mass is 10.3. The summed E-state index contributed by atoms with van der Waals surface area (Å²) in [6, 6.07) is 0. The third-order valence-electron chi connectivity index (χ3n) is 2.01. The van der Waals surface area contributed by atoms with Gasteiger partial charge in [0.25, 0.3) is 0 Å². The van der Waals surface area contributed by atoms with Gasteiger partial charge in [-0.05, 0) is 6.54 Å². The molecule has 1 heterocycles. The smallest absolute Gasteiger partial charge is 0.237 e. The fraction of sp³-hybridized carbons (Fsp3) is 0.500. The van der Waals surface area contributed by atoms with Crippen molar-refractivity contribution in [3.05, 3.63) is 18.0 Å². The van der Waals surface area contributed by atoms with E-state index in [9.17, 15) is 4.79 Å². The largest absolute Gasteiger partial charge is 0.368 e. The van der Waals surface area contributed by atoms with Crippen molar-refractivity contribution >= 4 is 11.9 Å². The summed E-state index contributed by atoms with van der Waals surface area (Å²) in [4.78, 5) is 20.6. The van der Waals surface area contributed by atoms with Crippen molar-refractivity contribution in [3.63, 3.8) is 0 Å². The highest BCUT2D eigenvalue weighted by molar-refractivity contribution is 5.78. The number of carbonyl (C=O) groups excluding carboxylic acids is 1. The number of primary amides is 1. The Hall–Kier alpha value is -1.69. The van der Waals surface area contributed by atoms with Crippen LogP contribution in [-0.4, -0.2) is 36.0 Å². The van der Waals surface area contributed by atoms with Crippen LogP contribution >= 0.6 is 0 Å². The number of aromatic nitrogens is 2. The Morgan fingerprint density at radius 2 is 2.12 bits per heavy atom. The first-order valence-electron chi connectivity index (χ1n) is 5.14. The SMILES string of the molecule is CCNCc1cnc(N(C)CC(N)=O)nc1. The first-order chi connectivity index (χ1) is 7.63. The van der Waals surface area contributed by atoms with Gasteiger partial charge in [-0.25, -0.2) is 9.97 Å². The molecule has 1 rings (SSSR count). The molecule has 6 heteroatoms. The van der Waals surface area contributed by atoms with Gasteiger partial charge in [-0.3, -0.25) is 4.79 Å². The van der Waals surface area contributed by atoms with E-state index in [-0.39, 0.29) is 6.54 Å². The van der Waals surface area contributed by atoms with E-state index in [4.69, 9.17) is 5.73 Å². The molecule has 1 amide bonds. The van der Waals surface area contributed by atoms with Crippen molar-refractivity contribution in [2.24, 2.45) is 5.73 Å². The van der Waals surface area contributed by atoms with Gasteiger partial charge >= 0.3 is 0 Å². The van der Waals surface area contributed by atoms with Gasteiger partial charge in [-0.2, -0.15) is 0 Å². The summed E-state index contributed by atoms with van der Waals surface area (Å²) in [5.41, 5.74) is 6.09. The van der Waals surface area contributed by atoms with E-state index in [0.717, 1.165) is 18.7 Å². The molecule has 1 aromatic rings. The van der Waals surface area contributed by atoms with E-state index in [0.29, 0.717) is 5.95 Å². The third-order valence-corrected chi connectivity index (χ3v) is 2.01. The van der Waals surface area contributed by atoms with E-state index in [1.807, 2.05) is 6.92 Å². The van der Waals surface area contributed by atoms with Gasteiger partial charge in [-0.15, -0.1) is 0 Å². The lowest BCUT2D eigenvalue weighted by molar-refractivity contribution is -0.116. The Bertz CT molecular complexity index is 338. The summed E-state index contributed by atoms with van der Waals surface area (Å²) < 4.78 is 0. The van der Waals surface area contributed by atoms with Crippen molar-refractivity contribution in [3.8, 4) is 0 Å². The zero-order valence-electron chi connectivity index (χ0n) is 9.60. The van der Waals surface area contributed by atoms with Crippen LogP contribution < -0.4 is 16.0 Å². The van der Waals surface area contributed by atoms with Crippen molar-refractivity contribution in [1.82, 2.24) is 15.3 Å². The molecule has 0 unspecified atom stereocenters. The average molecular weight is 223 g/mol. The predicted octanol–water partition coefficient (Wildman–Crippen LogP) is -0.492. The van der Waals surface area contributed by atoms with Crippen molar-refractivity contribution in [1.29, 1.82) is 0 Å². The topological polar surface area (TPSA) is 84.1 Å². The highest BCUT2D eigenvalue weighted by Crippen LogP contribution is 2.04. The minimum absolute atomic E-state index is 0.118. The number of carbonyl (C=O) groups is 1. The fourth-order valence-electron chi connectivity index (χ4n) is 1.21. The average Bonchev–Trinajstić information content (AvgIpc) is 2.26. The highest BCUT2D eigenvalue weighted by Gasteiger charge is 2.06. The summed E-state index contributed by atoms with van der Waals surface area (Å²) in [6.07, 6.45) is 3.48. The van der Waals surface area contributed by atoms with E-state index >= 15 is 0 Å². The number of amides is 1. The van der Waals surface area contributed by atoms with Crippen LogP contribution in [-0.2, 0) is 11.3 Å². The number of nitrogens with zero attached hydrogens (tertiary/aromatic N) is 3. The minimum atomic E-state index is -0.400. The molecule has 0 aliphatic rings. The van der Waals surface area contributed by atoms with Crippen molar-refractivity contribution in [2.45, 2.75) is 13.5 Å². The lowest BCUT2D eigenvalue weighted by Crippen LogP contribution is -2.31. The number of likely N-dealkylation sites (N-methyl/N-ethyl adjacent to an activating group) is 1. The molecule has 0 bridgehead atoms. The maximum Gasteiger partial charge on any atom is 0.237 e. The second-order valence-electron chi connectivity index (χ2n) is 3.49. The molecule has 0 atom stereocenters. The molecule has 0 saturated heterocycles. The lowest BCUT2D eigenvalue weighted by Gasteiger charge is -2.14. The Morgan fingerprint density at radius 1 is 1.50 bits per heavy atom. The van der Waals surface area contributed by atoms with E-state index < -0.39 is 5.91 Å². The van der Waals surface area contributed by atoms with Crippen molar-refractivity contribution in [2.75, 3.05) is 25.0 Å². The monoisotopic (exact) mass is 223 g/mol. The van der Waals surface area contributed by atoms with Crippen LogP contribution in [0.5, 0.6) is 0 Å². The molecule has 88 valence electrons. The molecule has 6 nitrogen and oxygen atoms in total. The van der Waals surface area contributed by atoms with Gasteiger partial charge in [0.05, 0.1) is 6.54 Å². The zero-order chi connectivity index (χ0) is 12.0. The molecule has 0 aromatic carbocycles. The van der Waals surface area contributed by atoms with Gasteiger partial charge in [0.2, 0.25) is 11.9 Å². The minimum Gasteiger partial charge on any atom is -0.368 e. The molecule has 0 saturated carbocycles. The summed E-state index contributed by atoms with van der Waals surface area (Å²) in [5.74, 6) is 0.0990. The molecular formula is C10H17N5O. The van der Waals surface area contributed by atoms with Crippen LogP contribution in [0.25, 0.3) is 0 Å². The predicted molar refractivity (Wildman–Crippen MR) is 61.9 cm³/mol. The summed E-state index contributed by atoms with van der Waals surface area (Å²) in [6.45, 7) is 3.81. The van der Waals surface area contributed by atoms with Crippen LogP contribution in [0.2, 0.25) is 0 Å². The standard InChI is InChI=1S/C10H17N5O/c1-3-12-4-8-5-13-10(14-6-8)15(2)7-9(11)16/h5-6,12H,3-4,7H2,1-2H3,(H2,11,16). The van der Waals surface area contributed by atoms with Crippen molar-refractivity contribution < 1.29 is 4.79 Å². The highest BCUT2D eigenvalue weighted by atomic mass is 16.1. The third kappa shape index (κ3) is 3.82.